The van der Waals surface area contributed by atoms with Crippen molar-refractivity contribution < 1.29 is 24.1 Å². The third kappa shape index (κ3) is 3.05. The number of benzene rings is 2. The SMILES string of the molecule is COc1cc2c(cc1OC)C(c1cc(Cl)c(O)c(OC)c1)CC(=O)N2. The van der Waals surface area contributed by atoms with Gasteiger partial charge in [-0.05, 0) is 29.3 Å². The van der Waals surface area contributed by atoms with Gasteiger partial charge >= 0.3 is 0 Å². The Bertz CT molecular complexity index is 837. The summed E-state index contributed by atoms with van der Waals surface area (Å²) in [5, 5.41) is 13.0. The zero-order valence-electron chi connectivity index (χ0n) is 14.1. The Morgan fingerprint density at radius 2 is 1.68 bits per heavy atom. The van der Waals surface area contributed by atoms with E-state index in [9.17, 15) is 9.90 Å². The molecule has 6 nitrogen and oxygen atoms in total. The molecule has 0 saturated carbocycles. The van der Waals surface area contributed by atoms with Crippen LogP contribution in [0.15, 0.2) is 24.3 Å². The Morgan fingerprint density at radius 3 is 2.32 bits per heavy atom. The number of hydrogen-bond donors (Lipinski definition) is 2. The monoisotopic (exact) mass is 363 g/mol. The number of aromatic hydroxyl groups is 1. The first-order valence-corrected chi connectivity index (χ1v) is 7.98. The van der Waals surface area contributed by atoms with Crippen LogP contribution < -0.4 is 19.5 Å². The van der Waals surface area contributed by atoms with Crippen molar-refractivity contribution in [2.45, 2.75) is 12.3 Å². The number of amides is 1. The Hall–Kier alpha value is -2.60. The molecule has 1 aliphatic heterocycles. The number of carbonyl (C=O) groups excluding carboxylic acids is 1. The van der Waals surface area contributed by atoms with Crippen LogP contribution in [0, 0.1) is 0 Å². The summed E-state index contributed by atoms with van der Waals surface area (Å²) in [5.41, 5.74) is 2.30. The fourth-order valence-corrected chi connectivity index (χ4v) is 3.25. The molecule has 0 aliphatic carbocycles. The molecule has 7 heteroatoms. The average molecular weight is 364 g/mol. The van der Waals surface area contributed by atoms with Crippen molar-refractivity contribution in [3.05, 3.63) is 40.4 Å². The molecule has 2 N–H and O–H groups in total. The third-order valence-corrected chi connectivity index (χ3v) is 4.56. The number of hydrogen-bond acceptors (Lipinski definition) is 5. The van der Waals surface area contributed by atoms with Crippen LogP contribution in [-0.2, 0) is 4.79 Å². The maximum Gasteiger partial charge on any atom is 0.225 e. The fraction of sp³-hybridized carbons (Fsp3) is 0.278. The van der Waals surface area contributed by atoms with E-state index in [4.69, 9.17) is 25.8 Å². The quantitative estimate of drug-likeness (QED) is 0.868. The van der Waals surface area contributed by atoms with Crippen LogP contribution in [0.4, 0.5) is 5.69 Å². The van der Waals surface area contributed by atoms with Crippen LogP contribution in [0.3, 0.4) is 0 Å². The van der Waals surface area contributed by atoms with E-state index in [0.29, 0.717) is 17.2 Å². The van der Waals surface area contributed by atoms with Gasteiger partial charge in [-0.2, -0.15) is 0 Å². The molecule has 2 aromatic carbocycles. The van der Waals surface area contributed by atoms with Crippen molar-refractivity contribution in [1.82, 2.24) is 0 Å². The Kier molecular flexibility index (Phi) is 4.63. The van der Waals surface area contributed by atoms with E-state index in [1.165, 1.54) is 14.2 Å². The van der Waals surface area contributed by atoms with E-state index in [2.05, 4.69) is 5.32 Å². The zero-order chi connectivity index (χ0) is 18.1. The summed E-state index contributed by atoms with van der Waals surface area (Å²) in [7, 11) is 4.54. The van der Waals surface area contributed by atoms with Crippen LogP contribution in [-0.4, -0.2) is 32.3 Å². The summed E-state index contributed by atoms with van der Waals surface area (Å²) in [6.07, 6.45) is 0.243. The van der Waals surface area contributed by atoms with Crippen molar-refractivity contribution in [2.75, 3.05) is 26.6 Å². The summed E-state index contributed by atoms with van der Waals surface area (Å²) in [5.74, 6) is 0.863. The van der Waals surface area contributed by atoms with Crippen molar-refractivity contribution in [1.29, 1.82) is 0 Å². The summed E-state index contributed by atoms with van der Waals surface area (Å²) >= 11 is 6.11. The van der Waals surface area contributed by atoms with Gasteiger partial charge in [0.25, 0.3) is 0 Å². The smallest absolute Gasteiger partial charge is 0.225 e. The number of halogens is 1. The van der Waals surface area contributed by atoms with Gasteiger partial charge in [0.1, 0.15) is 0 Å². The highest BCUT2D eigenvalue weighted by Crippen LogP contribution is 2.45. The molecular formula is C18H18ClNO5. The second-order valence-electron chi connectivity index (χ2n) is 5.65. The largest absolute Gasteiger partial charge is 0.503 e. The Morgan fingerprint density at radius 1 is 1.04 bits per heavy atom. The van der Waals surface area contributed by atoms with Crippen molar-refractivity contribution in [2.24, 2.45) is 0 Å². The second-order valence-corrected chi connectivity index (χ2v) is 6.06. The molecule has 0 aromatic heterocycles. The standard InChI is InChI=1S/C18H18ClNO5/c1-23-14-6-11-10(7-17(21)20-13(11)8-15(14)24-2)9-4-12(19)18(22)16(5-9)25-3/h4-6,8,10,22H,7H2,1-3H3,(H,20,21). The predicted molar refractivity (Wildman–Crippen MR) is 94.3 cm³/mol. The van der Waals surface area contributed by atoms with Crippen LogP contribution >= 0.6 is 11.6 Å². The van der Waals surface area contributed by atoms with E-state index in [0.717, 1.165) is 11.1 Å². The number of methoxy groups -OCH3 is 3. The molecule has 1 amide bonds. The molecule has 132 valence electrons. The van der Waals surface area contributed by atoms with Gasteiger partial charge in [0, 0.05) is 24.1 Å². The minimum absolute atomic E-state index is 0.118. The molecule has 0 radical (unpaired) electrons. The number of anilines is 1. The molecular weight excluding hydrogens is 346 g/mol. The van der Waals surface area contributed by atoms with Crippen molar-refractivity contribution in [3.8, 4) is 23.0 Å². The topological polar surface area (TPSA) is 77.0 Å². The van der Waals surface area contributed by atoms with Gasteiger partial charge in [-0.25, -0.2) is 0 Å². The second kappa shape index (κ2) is 6.72. The number of ether oxygens (including phenoxy) is 3. The Balaban J connectivity index is 2.16. The maximum atomic E-state index is 12.2. The number of phenols is 1. The lowest BCUT2D eigenvalue weighted by atomic mass is 9.84. The van der Waals surface area contributed by atoms with Crippen molar-refractivity contribution in [3.63, 3.8) is 0 Å². The summed E-state index contributed by atoms with van der Waals surface area (Å²) < 4.78 is 15.8. The molecule has 0 fully saturated rings. The van der Waals surface area contributed by atoms with E-state index in [-0.39, 0.29) is 34.8 Å². The average Bonchev–Trinajstić information content (AvgIpc) is 2.61. The van der Waals surface area contributed by atoms with Gasteiger partial charge in [0.15, 0.2) is 23.0 Å². The summed E-state index contributed by atoms with van der Waals surface area (Å²) in [4.78, 5) is 12.2. The van der Waals surface area contributed by atoms with E-state index >= 15 is 0 Å². The molecule has 1 atom stereocenters. The zero-order valence-corrected chi connectivity index (χ0v) is 14.8. The van der Waals surface area contributed by atoms with Gasteiger partial charge in [-0.15, -0.1) is 0 Å². The maximum absolute atomic E-state index is 12.2. The van der Waals surface area contributed by atoms with E-state index in [1.54, 1.807) is 25.3 Å². The molecule has 0 saturated heterocycles. The highest BCUT2D eigenvalue weighted by molar-refractivity contribution is 6.32. The lowest BCUT2D eigenvalue weighted by Crippen LogP contribution is -2.23. The van der Waals surface area contributed by atoms with Gasteiger partial charge in [-0.1, -0.05) is 11.6 Å². The van der Waals surface area contributed by atoms with Gasteiger partial charge in [0.05, 0.1) is 26.4 Å². The molecule has 1 aliphatic rings. The van der Waals surface area contributed by atoms with Crippen LogP contribution in [0.2, 0.25) is 5.02 Å². The van der Waals surface area contributed by atoms with Gasteiger partial charge in [-0.3, -0.25) is 4.79 Å². The third-order valence-electron chi connectivity index (χ3n) is 4.27. The minimum atomic E-state index is -0.254. The number of carbonyl (C=O) groups is 1. The number of fused-ring (bicyclic) bond motifs is 1. The number of phenolic OH excluding ortho intramolecular Hbond substituents is 1. The number of nitrogens with one attached hydrogen (secondary N) is 1. The fourth-order valence-electron chi connectivity index (χ4n) is 3.04. The van der Waals surface area contributed by atoms with Crippen LogP contribution in [0.5, 0.6) is 23.0 Å². The first-order valence-electron chi connectivity index (χ1n) is 7.60. The highest BCUT2D eigenvalue weighted by Gasteiger charge is 2.29. The molecule has 25 heavy (non-hydrogen) atoms. The first-order chi connectivity index (χ1) is 12.0. The van der Waals surface area contributed by atoms with Gasteiger partial charge in [0.2, 0.25) is 5.91 Å². The normalized spacial score (nSPS) is 16.0. The van der Waals surface area contributed by atoms with Crippen molar-refractivity contribution >= 4 is 23.2 Å². The lowest BCUT2D eigenvalue weighted by Gasteiger charge is -2.27. The molecule has 1 heterocycles. The molecule has 1 unspecified atom stereocenters. The van der Waals surface area contributed by atoms with Crippen LogP contribution in [0.1, 0.15) is 23.5 Å². The Labute approximate surface area is 150 Å². The molecule has 2 aromatic rings. The van der Waals surface area contributed by atoms with Gasteiger partial charge < -0.3 is 24.6 Å². The van der Waals surface area contributed by atoms with E-state index in [1.807, 2.05) is 6.07 Å². The first kappa shape index (κ1) is 17.2. The summed E-state index contributed by atoms with van der Waals surface area (Å²) in [6.45, 7) is 0. The molecule has 0 spiro atoms. The molecule has 3 rings (SSSR count). The predicted octanol–water partition coefficient (Wildman–Crippen LogP) is 3.55. The lowest BCUT2D eigenvalue weighted by molar-refractivity contribution is -0.116. The summed E-state index contributed by atoms with van der Waals surface area (Å²) in [6, 6.07) is 6.90. The minimum Gasteiger partial charge on any atom is -0.503 e. The van der Waals surface area contributed by atoms with E-state index < -0.39 is 0 Å². The highest BCUT2D eigenvalue weighted by atomic mass is 35.5. The van der Waals surface area contributed by atoms with Crippen LogP contribution in [0.25, 0.3) is 0 Å². The molecule has 0 bridgehead atoms. The number of rotatable bonds is 4.